The van der Waals surface area contributed by atoms with Gasteiger partial charge < -0.3 is 15.0 Å². The molecule has 0 aliphatic rings. The predicted octanol–water partition coefficient (Wildman–Crippen LogP) is 1.51. The van der Waals surface area contributed by atoms with Gasteiger partial charge in [-0.05, 0) is 25.1 Å². The highest BCUT2D eigenvalue weighted by Gasteiger charge is 2.16. The monoisotopic (exact) mass is 210 g/mol. The highest BCUT2D eigenvalue weighted by Crippen LogP contribution is 2.09. The van der Waals surface area contributed by atoms with Crippen LogP contribution in [0.3, 0.4) is 0 Å². The van der Waals surface area contributed by atoms with Crippen LogP contribution in [0.5, 0.6) is 0 Å². The third-order valence-electron chi connectivity index (χ3n) is 2.92. The summed E-state index contributed by atoms with van der Waals surface area (Å²) in [5, 5.41) is 9.27. The maximum absolute atomic E-state index is 9.27. The number of likely N-dealkylation sites (N-methyl/N-ethyl adjacent to an activating group) is 1. The summed E-state index contributed by atoms with van der Waals surface area (Å²) >= 11 is 0. The van der Waals surface area contributed by atoms with Crippen LogP contribution >= 0.6 is 0 Å². The number of rotatable bonds is 6. The quantitative estimate of drug-likeness (QED) is 0.747. The zero-order chi connectivity index (χ0) is 11.3. The molecule has 0 fully saturated rings. The topological polar surface area (TPSA) is 39.3 Å². The Balaban J connectivity index is 2.37. The Hall–Kier alpha value is -0.800. The lowest BCUT2D eigenvalue weighted by Gasteiger charge is -2.29. The Bertz CT molecular complexity index is 257. The fourth-order valence-electron chi connectivity index (χ4n) is 1.84. The van der Waals surface area contributed by atoms with Crippen LogP contribution in [0.1, 0.15) is 19.5 Å². The third-order valence-corrected chi connectivity index (χ3v) is 2.92. The summed E-state index contributed by atoms with van der Waals surface area (Å²) in [5.74, 6) is 0.489. The van der Waals surface area contributed by atoms with Crippen molar-refractivity contribution in [2.75, 3.05) is 20.2 Å². The van der Waals surface area contributed by atoms with Crippen LogP contribution in [0.25, 0.3) is 0 Å². The largest absolute Gasteiger partial charge is 0.395 e. The second-order valence-corrected chi connectivity index (χ2v) is 4.42. The van der Waals surface area contributed by atoms with Gasteiger partial charge in [-0.25, -0.2) is 0 Å². The number of aliphatic hydroxyl groups excluding tert-OH is 1. The molecule has 3 nitrogen and oxygen atoms in total. The molecular weight excluding hydrogens is 188 g/mol. The van der Waals surface area contributed by atoms with E-state index in [2.05, 4.69) is 36.8 Å². The van der Waals surface area contributed by atoms with Gasteiger partial charge in [-0.15, -0.1) is 0 Å². The van der Waals surface area contributed by atoms with Gasteiger partial charge in [-0.1, -0.05) is 13.8 Å². The first kappa shape index (κ1) is 12.3. The smallest absolute Gasteiger partial charge is 0.0589 e. The molecular formula is C12H22N2O. The van der Waals surface area contributed by atoms with Crippen molar-refractivity contribution in [3.63, 3.8) is 0 Å². The zero-order valence-electron chi connectivity index (χ0n) is 9.90. The van der Waals surface area contributed by atoms with Crippen molar-refractivity contribution >= 4 is 0 Å². The third kappa shape index (κ3) is 3.68. The molecule has 1 unspecified atom stereocenters. The summed E-state index contributed by atoms with van der Waals surface area (Å²) < 4.78 is 0. The summed E-state index contributed by atoms with van der Waals surface area (Å²) in [4.78, 5) is 5.42. The van der Waals surface area contributed by atoms with Crippen LogP contribution in [0.4, 0.5) is 0 Å². The van der Waals surface area contributed by atoms with Crippen LogP contribution in [-0.4, -0.2) is 41.2 Å². The molecule has 0 radical (unpaired) electrons. The van der Waals surface area contributed by atoms with Gasteiger partial charge in [0.1, 0.15) is 0 Å². The molecule has 1 rings (SSSR count). The first-order chi connectivity index (χ1) is 7.15. The van der Waals surface area contributed by atoms with E-state index in [4.69, 9.17) is 0 Å². The van der Waals surface area contributed by atoms with Crippen molar-refractivity contribution in [1.82, 2.24) is 9.88 Å². The summed E-state index contributed by atoms with van der Waals surface area (Å²) in [7, 11) is 2.07. The molecule has 0 aliphatic heterocycles. The second-order valence-electron chi connectivity index (χ2n) is 4.42. The normalized spacial score (nSPS) is 13.7. The first-order valence-corrected chi connectivity index (χ1v) is 5.58. The number of hydrogen-bond donors (Lipinski definition) is 2. The lowest BCUT2D eigenvalue weighted by atomic mass is 10.0. The Labute approximate surface area is 92.1 Å². The van der Waals surface area contributed by atoms with Gasteiger partial charge in [0.25, 0.3) is 0 Å². The van der Waals surface area contributed by atoms with Crippen molar-refractivity contribution in [3.05, 3.63) is 24.0 Å². The van der Waals surface area contributed by atoms with Crippen LogP contribution in [0.2, 0.25) is 0 Å². The Kier molecular flexibility index (Phi) is 4.85. The van der Waals surface area contributed by atoms with Crippen molar-refractivity contribution in [2.45, 2.75) is 26.3 Å². The lowest BCUT2D eigenvalue weighted by molar-refractivity contribution is 0.114. The van der Waals surface area contributed by atoms with Crippen molar-refractivity contribution in [1.29, 1.82) is 0 Å². The van der Waals surface area contributed by atoms with Crippen LogP contribution in [0.15, 0.2) is 18.3 Å². The molecule has 1 aromatic heterocycles. The Morgan fingerprint density at radius 1 is 1.47 bits per heavy atom. The average Bonchev–Trinajstić information content (AvgIpc) is 2.67. The van der Waals surface area contributed by atoms with E-state index >= 15 is 0 Å². The molecule has 1 atom stereocenters. The molecule has 1 heterocycles. The minimum absolute atomic E-state index is 0.235. The van der Waals surface area contributed by atoms with E-state index in [0.717, 1.165) is 13.0 Å². The van der Waals surface area contributed by atoms with Crippen LogP contribution in [-0.2, 0) is 6.42 Å². The molecule has 3 heteroatoms. The molecule has 0 spiro atoms. The molecule has 0 saturated heterocycles. The lowest BCUT2D eigenvalue weighted by Crippen LogP contribution is -2.40. The summed E-state index contributed by atoms with van der Waals surface area (Å²) in [6, 6.07) is 4.37. The summed E-state index contributed by atoms with van der Waals surface area (Å²) in [6.45, 7) is 5.50. The molecule has 2 N–H and O–H groups in total. The number of nitrogens with one attached hydrogen (secondary N) is 1. The number of aliphatic hydroxyl groups is 1. The molecule has 86 valence electrons. The molecule has 1 aromatic rings. The Morgan fingerprint density at radius 2 is 2.20 bits per heavy atom. The molecule has 0 bridgehead atoms. The van der Waals surface area contributed by atoms with Gasteiger partial charge in [-0.2, -0.15) is 0 Å². The van der Waals surface area contributed by atoms with Gasteiger partial charge in [-0.3, -0.25) is 0 Å². The van der Waals surface area contributed by atoms with E-state index in [9.17, 15) is 5.11 Å². The summed E-state index contributed by atoms with van der Waals surface area (Å²) in [6.07, 6.45) is 2.95. The maximum atomic E-state index is 9.27. The van der Waals surface area contributed by atoms with E-state index in [-0.39, 0.29) is 12.6 Å². The number of hydrogen-bond acceptors (Lipinski definition) is 2. The number of aromatic nitrogens is 1. The van der Waals surface area contributed by atoms with Crippen LogP contribution < -0.4 is 0 Å². The highest BCUT2D eigenvalue weighted by atomic mass is 16.3. The molecule has 0 aromatic carbocycles. The van der Waals surface area contributed by atoms with Crippen molar-refractivity contribution in [2.24, 2.45) is 5.92 Å². The molecule has 0 saturated carbocycles. The van der Waals surface area contributed by atoms with Gasteiger partial charge >= 0.3 is 0 Å². The predicted molar refractivity (Wildman–Crippen MR) is 62.8 cm³/mol. The maximum Gasteiger partial charge on any atom is 0.0589 e. The first-order valence-electron chi connectivity index (χ1n) is 5.58. The molecule has 0 amide bonds. The standard InChI is InChI=1S/C12H22N2O/c1-10(2)12(9-15)14(3)8-6-11-5-4-7-13-11/h4-5,7,10,12-13,15H,6,8-9H2,1-3H3. The van der Waals surface area contributed by atoms with E-state index in [1.165, 1.54) is 5.69 Å². The van der Waals surface area contributed by atoms with E-state index in [1.54, 1.807) is 0 Å². The van der Waals surface area contributed by atoms with E-state index in [1.807, 2.05) is 12.3 Å². The minimum Gasteiger partial charge on any atom is -0.395 e. The van der Waals surface area contributed by atoms with Gasteiger partial charge in [0.15, 0.2) is 0 Å². The van der Waals surface area contributed by atoms with E-state index in [0.29, 0.717) is 5.92 Å². The Morgan fingerprint density at radius 3 is 2.67 bits per heavy atom. The van der Waals surface area contributed by atoms with Crippen molar-refractivity contribution in [3.8, 4) is 0 Å². The number of nitrogens with zero attached hydrogens (tertiary/aromatic N) is 1. The van der Waals surface area contributed by atoms with Crippen LogP contribution in [0, 0.1) is 5.92 Å². The van der Waals surface area contributed by atoms with Crippen molar-refractivity contribution < 1.29 is 5.11 Å². The van der Waals surface area contributed by atoms with Gasteiger partial charge in [0.05, 0.1) is 6.61 Å². The summed E-state index contributed by atoms with van der Waals surface area (Å²) in [5.41, 5.74) is 1.25. The zero-order valence-corrected chi connectivity index (χ0v) is 9.90. The fraction of sp³-hybridized carbons (Fsp3) is 0.667. The van der Waals surface area contributed by atoms with Gasteiger partial charge in [0.2, 0.25) is 0 Å². The number of aromatic amines is 1. The molecule has 0 aliphatic carbocycles. The van der Waals surface area contributed by atoms with Gasteiger partial charge in [0, 0.05) is 30.9 Å². The molecule has 15 heavy (non-hydrogen) atoms. The minimum atomic E-state index is 0.235. The SMILES string of the molecule is CC(C)C(CO)N(C)CCc1ccc[nH]1. The highest BCUT2D eigenvalue weighted by molar-refractivity contribution is 5.03. The second kappa shape index (κ2) is 5.93. The average molecular weight is 210 g/mol. The fourth-order valence-corrected chi connectivity index (χ4v) is 1.84. The van der Waals surface area contributed by atoms with E-state index < -0.39 is 0 Å². The number of H-pyrrole nitrogens is 1.